The van der Waals surface area contributed by atoms with Crippen LogP contribution in [0.4, 0.5) is 0 Å². The lowest BCUT2D eigenvalue weighted by atomic mass is 9.93. The van der Waals surface area contributed by atoms with Crippen LogP contribution in [-0.2, 0) is 0 Å². The van der Waals surface area contributed by atoms with E-state index in [9.17, 15) is 0 Å². The molecule has 0 unspecified atom stereocenters. The molecule has 0 aliphatic carbocycles. The fourth-order valence-electron chi connectivity index (χ4n) is 8.31. The number of fused-ring (bicyclic) bond motifs is 9. The minimum absolute atomic E-state index is 0.649. The first-order chi connectivity index (χ1) is 28.2. The molecule has 57 heavy (non-hydrogen) atoms. The standard InChI is InChI=1S/C51H29N3O2S/c1-3-13-30(14-4-1)49-52-50(31-15-5-2-6-16-31)54-51(53-49)40-22-12-21-38-41-29-32(25-28-44(41)57-48(38)40)33-26-27-37(47-45(33)39-18-8-10-24-43(39)56-47)36-20-11-19-35-34-17-7-9-23-42(34)55-46(35)36/h1-29H. The Morgan fingerprint density at radius 2 is 0.912 bits per heavy atom. The Morgan fingerprint density at radius 1 is 0.351 bits per heavy atom. The van der Waals surface area contributed by atoms with Crippen molar-refractivity contribution in [3.05, 3.63) is 176 Å². The molecule has 266 valence electrons. The SMILES string of the molecule is c1ccc(-c2nc(-c3ccccc3)nc(-c3cccc4c3sc3ccc(-c5ccc(-c6cccc7c6oc6ccccc67)c6oc7ccccc7c56)cc34)n2)cc1. The van der Waals surface area contributed by atoms with Crippen molar-refractivity contribution in [3.63, 3.8) is 0 Å². The van der Waals surface area contributed by atoms with Crippen LogP contribution in [0, 0.1) is 0 Å². The van der Waals surface area contributed by atoms with E-state index in [1.165, 1.54) is 15.5 Å². The average Bonchev–Trinajstić information content (AvgIpc) is 3.98. The number of rotatable bonds is 5. The molecule has 0 saturated carbocycles. The third-order valence-corrected chi connectivity index (χ3v) is 12.2. The fraction of sp³-hybridized carbons (Fsp3) is 0. The van der Waals surface area contributed by atoms with Crippen LogP contribution in [0.5, 0.6) is 0 Å². The van der Waals surface area contributed by atoms with Gasteiger partial charge in [0.1, 0.15) is 22.3 Å². The first-order valence-electron chi connectivity index (χ1n) is 18.9. The largest absolute Gasteiger partial charge is 0.455 e. The molecule has 0 amide bonds. The molecule has 4 heterocycles. The lowest BCUT2D eigenvalue weighted by Gasteiger charge is -2.10. The van der Waals surface area contributed by atoms with Gasteiger partial charge >= 0.3 is 0 Å². The molecule has 8 aromatic carbocycles. The molecule has 4 aromatic heterocycles. The molecule has 0 fully saturated rings. The average molecular weight is 748 g/mol. The van der Waals surface area contributed by atoms with Crippen molar-refractivity contribution in [3.8, 4) is 56.4 Å². The summed E-state index contributed by atoms with van der Waals surface area (Å²) in [5.41, 5.74) is 10.6. The number of aromatic nitrogens is 3. The smallest absolute Gasteiger partial charge is 0.165 e. The summed E-state index contributed by atoms with van der Waals surface area (Å²) in [7, 11) is 0. The molecule has 0 N–H and O–H groups in total. The first kappa shape index (κ1) is 31.9. The van der Waals surface area contributed by atoms with Gasteiger partial charge in [0, 0.05) is 69.5 Å². The zero-order chi connectivity index (χ0) is 37.5. The van der Waals surface area contributed by atoms with E-state index < -0.39 is 0 Å². The van der Waals surface area contributed by atoms with E-state index >= 15 is 0 Å². The number of hydrogen-bond donors (Lipinski definition) is 0. The molecule has 6 heteroatoms. The Morgan fingerprint density at radius 3 is 1.67 bits per heavy atom. The van der Waals surface area contributed by atoms with Gasteiger partial charge < -0.3 is 8.83 Å². The van der Waals surface area contributed by atoms with E-state index in [0.29, 0.717) is 17.5 Å². The van der Waals surface area contributed by atoms with Crippen molar-refractivity contribution < 1.29 is 8.83 Å². The minimum atomic E-state index is 0.649. The fourth-order valence-corrected chi connectivity index (χ4v) is 9.50. The van der Waals surface area contributed by atoms with Gasteiger partial charge in [-0.1, -0.05) is 140 Å². The summed E-state index contributed by atoms with van der Waals surface area (Å²) >= 11 is 1.77. The Labute approximate surface area is 330 Å². The summed E-state index contributed by atoms with van der Waals surface area (Å²) in [6.45, 7) is 0. The van der Waals surface area contributed by atoms with Crippen molar-refractivity contribution in [2.24, 2.45) is 0 Å². The molecular weight excluding hydrogens is 719 g/mol. The van der Waals surface area contributed by atoms with Crippen LogP contribution < -0.4 is 0 Å². The van der Waals surface area contributed by atoms with Crippen LogP contribution in [0.25, 0.3) is 120 Å². The van der Waals surface area contributed by atoms with E-state index in [1.807, 2.05) is 78.9 Å². The van der Waals surface area contributed by atoms with Gasteiger partial charge in [-0.25, -0.2) is 15.0 Å². The van der Waals surface area contributed by atoms with E-state index in [1.54, 1.807) is 11.3 Å². The highest BCUT2D eigenvalue weighted by atomic mass is 32.1. The summed E-state index contributed by atoms with van der Waals surface area (Å²) in [6.07, 6.45) is 0. The predicted molar refractivity (Wildman–Crippen MR) is 234 cm³/mol. The Kier molecular flexibility index (Phi) is 7.03. The van der Waals surface area contributed by atoms with Crippen LogP contribution in [0.2, 0.25) is 0 Å². The lowest BCUT2D eigenvalue weighted by molar-refractivity contribution is 0.665. The minimum Gasteiger partial charge on any atom is -0.455 e. The van der Waals surface area contributed by atoms with Crippen LogP contribution in [0.3, 0.4) is 0 Å². The highest BCUT2D eigenvalue weighted by Crippen LogP contribution is 2.46. The highest BCUT2D eigenvalue weighted by Gasteiger charge is 2.22. The first-order valence-corrected chi connectivity index (χ1v) is 19.7. The number of furan rings is 2. The second kappa shape index (κ2) is 12.6. The number of nitrogens with zero attached hydrogens (tertiary/aromatic N) is 3. The molecule has 0 aliphatic rings. The van der Waals surface area contributed by atoms with E-state index in [2.05, 4.69) is 97.1 Å². The maximum absolute atomic E-state index is 6.76. The van der Waals surface area contributed by atoms with Crippen molar-refractivity contribution >= 4 is 75.4 Å². The van der Waals surface area contributed by atoms with E-state index in [4.69, 9.17) is 23.8 Å². The van der Waals surface area contributed by atoms with Crippen LogP contribution in [0.15, 0.2) is 185 Å². The molecule has 12 rings (SSSR count). The van der Waals surface area contributed by atoms with Crippen molar-refractivity contribution in [1.82, 2.24) is 15.0 Å². The van der Waals surface area contributed by atoms with Crippen molar-refractivity contribution in [1.29, 1.82) is 0 Å². The van der Waals surface area contributed by atoms with Crippen molar-refractivity contribution in [2.45, 2.75) is 0 Å². The maximum Gasteiger partial charge on any atom is 0.165 e. The summed E-state index contributed by atoms with van der Waals surface area (Å²) < 4.78 is 15.6. The summed E-state index contributed by atoms with van der Waals surface area (Å²) in [6, 6.07) is 60.8. The number of para-hydroxylation sites is 3. The third-order valence-electron chi connectivity index (χ3n) is 11.0. The lowest BCUT2D eigenvalue weighted by Crippen LogP contribution is -2.00. The van der Waals surface area contributed by atoms with E-state index in [0.717, 1.165) is 87.5 Å². The monoisotopic (exact) mass is 747 g/mol. The molecule has 12 aromatic rings. The predicted octanol–water partition coefficient (Wildman–Crippen LogP) is 14.4. The summed E-state index contributed by atoms with van der Waals surface area (Å²) in [5, 5.41) is 6.72. The number of thiophene rings is 1. The Hall–Kier alpha value is -7.41. The van der Waals surface area contributed by atoms with Crippen LogP contribution in [-0.4, -0.2) is 15.0 Å². The topological polar surface area (TPSA) is 65.0 Å². The van der Waals surface area contributed by atoms with Gasteiger partial charge in [0.2, 0.25) is 0 Å². The van der Waals surface area contributed by atoms with Gasteiger partial charge in [-0.05, 0) is 47.5 Å². The number of hydrogen-bond acceptors (Lipinski definition) is 6. The van der Waals surface area contributed by atoms with Crippen LogP contribution >= 0.6 is 11.3 Å². The third kappa shape index (κ3) is 5.04. The Bertz CT molecular complexity index is 3470. The quantitative estimate of drug-likeness (QED) is 0.175. The summed E-state index contributed by atoms with van der Waals surface area (Å²) in [5.74, 6) is 1.95. The van der Waals surface area contributed by atoms with Gasteiger partial charge in [0.15, 0.2) is 17.5 Å². The Balaban J connectivity index is 1.04. The molecule has 0 spiro atoms. The summed E-state index contributed by atoms with van der Waals surface area (Å²) in [4.78, 5) is 15.1. The highest BCUT2D eigenvalue weighted by molar-refractivity contribution is 7.26. The second-order valence-corrected chi connectivity index (χ2v) is 15.3. The van der Waals surface area contributed by atoms with Gasteiger partial charge in [0.05, 0.1) is 0 Å². The van der Waals surface area contributed by atoms with Gasteiger partial charge in [-0.3, -0.25) is 0 Å². The second-order valence-electron chi connectivity index (χ2n) is 14.3. The molecule has 5 nitrogen and oxygen atoms in total. The molecular formula is C51H29N3O2S. The molecule has 0 atom stereocenters. The maximum atomic E-state index is 6.76. The zero-order valence-corrected chi connectivity index (χ0v) is 31.1. The number of benzene rings is 8. The van der Waals surface area contributed by atoms with Crippen LogP contribution in [0.1, 0.15) is 0 Å². The molecule has 0 aliphatic heterocycles. The van der Waals surface area contributed by atoms with E-state index in [-0.39, 0.29) is 0 Å². The zero-order valence-electron chi connectivity index (χ0n) is 30.3. The van der Waals surface area contributed by atoms with Gasteiger partial charge in [-0.2, -0.15) is 0 Å². The normalized spacial score (nSPS) is 11.9. The van der Waals surface area contributed by atoms with Crippen molar-refractivity contribution in [2.75, 3.05) is 0 Å². The molecule has 0 bridgehead atoms. The molecule has 0 radical (unpaired) electrons. The molecule has 0 saturated heterocycles. The van der Waals surface area contributed by atoms with Gasteiger partial charge in [0.25, 0.3) is 0 Å². The van der Waals surface area contributed by atoms with Gasteiger partial charge in [-0.15, -0.1) is 11.3 Å².